The molecule has 0 saturated heterocycles. The molecule has 0 fully saturated rings. The third kappa shape index (κ3) is 1.96. The second kappa shape index (κ2) is 4.09. The van der Waals surface area contributed by atoms with E-state index in [-0.39, 0.29) is 10.6 Å². The first-order valence-corrected chi connectivity index (χ1v) is 4.89. The van der Waals surface area contributed by atoms with Crippen LogP contribution in [-0.2, 0) is 0 Å². The SMILES string of the molecule is O=[N+]([O-])C1=CCCC=C1c1ccccc1. The summed E-state index contributed by atoms with van der Waals surface area (Å²) in [4.78, 5) is 10.5. The van der Waals surface area contributed by atoms with Gasteiger partial charge in [0.25, 0.3) is 5.70 Å². The van der Waals surface area contributed by atoms with E-state index in [1.807, 2.05) is 36.4 Å². The minimum atomic E-state index is -0.308. The van der Waals surface area contributed by atoms with Gasteiger partial charge in [-0.15, -0.1) is 0 Å². The van der Waals surface area contributed by atoms with Crippen molar-refractivity contribution >= 4 is 5.57 Å². The van der Waals surface area contributed by atoms with Crippen LogP contribution in [0.4, 0.5) is 0 Å². The summed E-state index contributed by atoms with van der Waals surface area (Å²) in [6.07, 6.45) is 5.27. The van der Waals surface area contributed by atoms with Crippen LogP contribution in [0.3, 0.4) is 0 Å². The molecule has 0 atom stereocenters. The van der Waals surface area contributed by atoms with Crippen LogP contribution in [0.1, 0.15) is 18.4 Å². The monoisotopic (exact) mass is 201 g/mol. The maximum atomic E-state index is 10.8. The molecule has 3 heteroatoms. The molecule has 0 saturated carbocycles. The van der Waals surface area contributed by atoms with E-state index in [0.717, 1.165) is 24.0 Å². The van der Waals surface area contributed by atoms with Crippen LogP contribution in [0.2, 0.25) is 0 Å². The van der Waals surface area contributed by atoms with Crippen LogP contribution in [0.25, 0.3) is 5.57 Å². The molecule has 15 heavy (non-hydrogen) atoms. The molecule has 0 unspecified atom stereocenters. The summed E-state index contributed by atoms with van der Waals surface area (Å²) in [6, 6.07) is 9.48. The fourth-order valence-electron chi connectivity index (χ4n) is 1.72. The Labute approximate surface area is 87.9 Å². The average Bonchev–Trinajstić information content (AvgIpc) is 2.30. The van der Waals surface area contributed by atoms with Gasteiger partial charge < -0.3 is 0 Å². The summed E-state index contributed by atoms with van der Waals surface area (Å²) in [7, 11) is 0. The lowest BCUT2D eigenvalue weighted by atomic mass is 9.97. The molecule has 0 radical (unpaired) electrons. The Morgan fingerprint density at radius 1 is 1.07 bits per heavy atom. The molecule has 2 rings (SSSR count). The van der Waals surface area contributed by atoms with Crippen molar-refractivity contribution in [2.75, 3.05) is 0 Å². The maximum Gasteiger partial charge on any atom is 0.272 e. The first-order valence-electron chi connectivity index (χ1n) is 4.89. The maximum absolute atomic E-state index is 10.8. The normalized spacial score (nSPS) is 15.5. The topological polar surface area (TPSA) is 43.1 Å². The first-order chi connectivity index (χ1) is 7.29. The Morgan fingerprint density at radius 2 is 1.73 bits per heavy atom. The van der Waals surface area contributed by atoms with Gasteiger partial charge in [0.05, 0.1) is 10.5 Å². The smallest absolute Gasteiger partial charge is 0.258 e. The zero-order valence-electron chi connectivity index (χ0n) is 8.22. The zero-order valence-corrected chi connectivity index (χ0v) is 8.22. The first kappa shape index (κ1) is 9.65. The highest BCUT2D eigenvalue weighted by Crippen LogP contribution is 2.28. The molecule has 1 aliphatic rings. The van der Waals surface area contributed by atoms with Crippen molar-refractivity contribution < 1.29 is 4.92 Å². The number of hydrogen-bond donors (Lipinski definition) is 0. The summed E-state index contributed by atoms with van der Waals surface area (Å²) in [6.45, 7) is 0. The third-order valence-electron chi connectivity index (χ3n) is 2.41. The van der Waals surface area contributed by atoms with Crippen LogP contribution in [0.15, 0.2) is 48.2 Å². The Kier molecular flexibility index (Phi) is 2.63. The van der Waals surface area contributed by atoms with Crippen molar-refractivity contribution in [3.05, 3.63) is 63.9 Å². The summed E-state index contributed by atoms with van der Waals surface area (Å²) in [5.41, 5.74) is 1.89. The van der Waals surface area contributed by atoms with Crippen molar-refractivity contribution in [3.8, 4) is 0 Å². The molecule has 3 nitrogen and oxygen atoms in total. The van der Waals surface area contributed by atoms with E-state index < -0.39 is 0 Å². The van der Waals surface area contributed by atoms with Crippen LogP contribution >= 0.6 is 0 Å². The highest BCUT2D eigenvalue weighted by molar-refractivity contribution is 5.77. The Bertz CT molecular complexity index is 432. The fraction of sp³-hybridized carbons (Fsp3) is 0.167. The molecular formula is C12H11NO2. The van der Waals surface area contributed by atoms with Crippen molar-refractivity contribution in [2.45, 2.75) is 12.8 Å². The fourth-order valence-corrected chi connectivity index (χ4v) is 1.72. The van der Waals surface area contributed by atoms with E-state index >= 15 is 0 Å². The molecule has 0 aromatic heterocycles. The van der Waals surface area contributed by atoms with Crippen LogP contribution in [0, 0.1) is 10.1 Å². The van der Waals surface area contributed by atoms with Gasteiger partial charge in [0.2, 0.25) is 0 Å². The van der Waals surface area contributed by atoms with E-state index in [9.17, 15) is 10.1 Å². The van der Waals surface area contributed by atoms with Gasteiger partial charge in [0.1, 0.15) is 0 Å². The largest absolute Gasteiger partial charge is 0.272 e. The van der Waals surface area contributed by atoms with Crippen LogP contribution < -0.4 is 0 Å². The van der Waals surface area contributed by atoms with Gasteiger partial charge in [0.15, 0.2) is 0 Å². The van der Waals surface area contributed by atoms with E-state index in [1.54, 1.807) is 6.08 Å². The molecule has 0 heterocycles. The number of rotatable bonds is 2. The second-order valence-electron chi connectivity index (χ2n) is 3.41. The summed E-state index contributed by atoms with van der Waals surface area (Å²) >= 11 is 0. The molecule has 76 valence electrons. The number of allylic oxidation sites excluding steroid dienone is 3. The Balaban J connectivity index is 2.40. The summed E-state index contributed by atoms with van der Waals surface area (Å²) in [5, 5.41) is 10.8. The highest BCUT2D eigenvalue weighted by atomic mass is 16.6. The minimum Gasteiger partial charge on any atom is -0.258 e. The number of hydrogen-bond acceptors (Lipinski definition) is 2. The van der Waals surface area contributed by atoms with Crippen LogP contribution in [0.5, 0.6) is 0 Å². The highest BCUT2D eigenvalue weighted by Gasteiger charge is 2.20. The van der Waals surface area contributed by atoms with Gasteiger partial charge in [-0.05, 0) is 24.5 Å². The van der Waals surface area contributed by atoms with E-state index in [4.69, 9.17) is 0 Å². The lowest BCUT2D eigenvalue weighted by molar-refractivity contribution is -0.417. The molecule has 0 bridgehead atoms. The molecule has 0 amide bonds. The van der Waals surface area contributed by atoms with Crippen molar-refractivity contribution in [1.82, 2.24) is 0 Å². The molecule has 1 aliphatic carbocycles. The zero-order chi connectivity index (χ0) is 10.7. The second-order valence-corrected chi connectivity index (χ2v) is 3.41. The van der Waals surface area contributed by atoms with Gasteiger partial charge in [0, 0.05) is 0 Å². The van der Waals surface area contributed by atoms with Crippen molar-refractivity contribution in [2.24, 2.45) is 0 Å². The standard InChI is InChI=1S/C12H11NO2/c14-13(15)12-9-5-4-8-11(12)10-6-2-1-3-7-10/h1-3,6-9H,4-5H2. The van der Waals surface area contributed by atoms with Crippen molar-refractivity contribution in [1.29, 1.82) is 0 Å². The predicted octanol–water partition coefficient (Wildman–Crippen LogP) is 3.02. The van der Waals surface area contributed by atoms with Gasteiger partial charge in [-0.25, -0.2) is 0 Å². The molecule has 0 N–H and O–H groups in total. The number of nitro groups is 1. The van der Waals surface area contributed by atoms with Gasteiger partial charge in [-0.1, -0.05) is 36.4 Å². The molecular weight excluding hydrogens is 190 g/mol. The van der Waals surface area contributed by atoms with E-state index in [0.29, 0.717) is 0 Å². The lowest BCUT2D eigenvalue weighted by Crippen LogP contribution is -2.04. The number of benzene rings is 1. The third-order valence-corrected chi connectivity index (χ3v) is 2.41. The predicted molar refractivity (Wildman–Crippen MR) is 58.7 cm³/mol. The lowest BCUT2D eigenvalue weighted by Gasteiger charge is -2.09. The van der Waals surface area contributed by atoms with Crippen LogP contribution in [-0.4, -0.2) is 4.92 Å². The summed E-state index contributed by atoms with van der Waals surface area (Å²) in [5.74, 6) is 0. The van der Waals surface area contributed by atoms with E-state index in [2.05, 4.69) is 0 Å². The minimum absolute atomic E-state index is 0.229. The average molecular weight is 201 g/mol. The van der Waals surface area contributed by atoms with Gasteiger partial charge in [-0.3, -0.25) is 10.1 Å². The quantitative estimate of drug-likeness (QED) is 0.545. The number of nitrogens with zero attached hydrogens (tertiary/aromatic N) is 1. The molecule has 0 spiro atoms. The van der Waals surface area contributed by atoms with Crippen molar-refractivity contribution in [3.63, 3.8) is 0 Å². The van der Waals surface area contributed by atoms with E-state index in [1.165, 1.54) is 0 Å². The molecule has 0 aliphatic heterocycles. The van der Waals surface area contributed by atoms with Gasteiger partial charge in [-0.2, -0.15) is 0 Å². The van der Waals surface area contributed by atoms with Gasteiger partial charge >= 0.3 is 0 Å². The Hall–Kier alpha value is -1.90. The molecule has 1 aromatic carbocycles. The summed E-state index contributed by atoms with van der Waals surface area (Å²) < 4.78 is 0. The molecule has 1 aromatic rings. The Morgan fingerprint density at radius 3 is 2.40 bits per heavy atom.